The van der Waals surface area contributed by atoms with Gasteiger partial charge in [0.2, 0.25) is 5.91 Å². The maximum Gasteiger partial charge on any atom is 0.335 e. The first kappa shape index (κ1) is 12.3. The molecule has 20 heavy (non-hydrogen) atoms. The van der Waals surface area contributed by atoms with Gasteiger partial charge in [0.1, 0.15) is 0 Å². The molecule has 0 saturated heterocycles. The van der Waals surface area contributed by atoms with Crippen LogP contribution in [0.15, 0.2) is 42.6 Å². The van der Waals surface area contributed by atoms with E-state index in [1.807, 2.05) is 18.2 Å². The molecule has 5 nitrogen and oxygen atoms in total. The molecule has 0 spiro atoms. The van der Waals surface area contributed by atoms with Gasteiger partial charge in [-0.3, -0.25) is 9.78 Å². The topological polar surface area (TPSA) is 70.5 Å². The lowest BCUT2D eigenvalue weighted by molar-refractivity contribution is -0.117. The van der Waals surface area contributed by atoms with E-state index < -0.39 is 5.97 Å². The second kappa shape index (κ2) is 4.77. The molecule has 0 atom stereocenters. The number of aromatic nitrogens is 1. The fourth-order valence-electron chi connectivity index (χ4n) is 2.32. The molecular weight excluding hydrogens is 256 g/mol. The number of anilines is 1. The number of pyridine rings is 1. The number of hydrogen-bond acceptors (Lipinski definition) is 3. The number of nitrogens with zero attached hydrogens (tertiary/aromatic N) is 2. The first-order valence-electron chi connectivity index (χ1n) is 6.21. The minimum atomic E-state index is -0.995. The van der Waals surface area contributed by atoms with Crippen molar-refractivity contribution in [3.8, 4) is 0 Å². The van der Waals surface area contributed by atoms with Crippen molar-refractivity contribution in [3.63, 3.8) is 0 Å². The molecule has 2 heterocycles. The molecule has 0 unspecified atom stereocenters. The van der Waals surface area contributed by atoms with Gasteiger partial charge in [0.25, 0.3) is 0 Å². The van der Waals surface area contributed by atoms with Gasteiger partial charge in [0, 0.05) is 11.9 Å². The van der Waals surface area contributed by atoms with E-state index in [4.69, 9.17) is 5.11 Å². The summed E-state index contributed by atoms with van der Waals surface area (Å²) in [7, 11) is 0. The third-order valence-corrected chi connectivity index (χ3v) is 3.31. The van der Waals surface area contributed by atoms with Crippen LogP contribution < -0.4 is 4.90 Å². The quantitative estimate of drug-likeness (QED) is 0.922. The monoisotopic (exact) mass is 268 g/mol. The van der Waals surface area contributed by atoms with Crippen molar-refractivity contribution in [1.29, 1.82) is 0 Å². The fraction of sp³-hybridized carbons (Fsp3) is 0.133. The lowest BCUT2D eigenvalue weighted by Crippen LogP contribution is -2.26. The van der Waals surface area contributed by atoms with Gasteiger partial charge in [0.05, 0.1) is 24.2 Å². The second-order valence-corrected chi connectivity index (χ2v) is 4.63. The number of rotatable bonds is 3. The zero-order valence-corrected chi connectivity index (χ0v) is 10.6. The Morgan fingerprint density at radius 3 is 2.85 bits per heavy atom. The average Bonchev–Trinajstić information content (AvgIpc) is 2.75. The van der Waals surface area contributed by atoms with Gasteiger partial charge < -0.3 is 10.0 Å². The Hall–Kier alpha value is -2.69. The highest BCUT2D eigenvalue weighted by Crippen LogP contribution is 2.31. The Bertz CT molecular complexity index is 683. The molecule has 1 aliphatic heterocycles. The van der Waals surface area contributed by atoms with Crippen LogP contribution in [-0.4, -0.2) is 22.0 Å². The van der Waals surface area contributed by atoms with Gasteiger partial charge in [-0.25, -0.2) is 4.79 Å². The predicted molar refractivity (Wildman–Crippen MR) is 72.5 cm³/mol. The summed E-state index contributed by atoms with van der Waals surface area (Å²) in [6.07, 6.45) is 1.98. The van der Waals surface area contributed by atoms with Crippen LogP contribution in [0.4, 0.5) is 5.69 Å². The van der Waals surface area contributed by atoms with Crippen molar-refractivity contribution < 1.29 is 14.7 Å². The van der Waals surface area contributed by atoms with Gasteiger partial charge in [-0.05, 0) is 29.8 Å². The third-order valence-electron chi connectivity index (χ3n) is 3.31. The molecule has 3 rings (SSSR count). The standard InChI is InChI=1S/C15H12N2O3/c18-14-8-10-4-5-11(15(19)20)7-13(10)17(14)9-12-3-1-2-6-16-12/h1-7H,8-9H2,(H,19,20). The van der Waals surface area contributed by atoms with Crippen LogP contribution in [0, 0.1) is 0 Å². The van der Waals surface area contributed by atoms with E-state index in [2.05, 4.69) is 4.98 Å². The van der Waals surface area contributed by atoms with Gasteiger partial charge >= 0.3 is 5.97 Å². The van der Waals surface area contributed by atoms with E-state index in [9.17, 15) is 9.59 Å². The van der Waals surface area contributed by atoms with Crippen molar-refractivity contribution in [1.82, 2.24) is 4.98 Å². The number of fused-ring (bicyclic) bond motifs is 1. The fourth-order valence-corrected chi connectivity index (χ4v) is 2.32. The van der Waals surface area contributed by atoms with Gasteiger partial charge in [-0.2, -0.15) is 0 Å². The van der Waals surface area contributed by atoms with Crippen LogP contribution in [-0.2, 0) is 17.8 Å². The molecule has 1 aromatic heterocycles. The zero-order chi connectivity index (χ0) is 14.1. The predicted octanol–water partition coefficient (Wildman–Crippen LogP) is 1.87. The Labute approximate surface area is 115 Å². The molecule has 0 fully saturated rings. The summed E-state index contributed by atoms with van der Waals surface area (Å²) in [6, 6.07) is 10.3. The van der Waals surface area contributed by atoms with E-state index in [1.54, 1.807) is 23.2 Å². The maximum atomic E-state index is 12.1. The number of aromatic carboxylic acids is 1. The highest BCUT2D eigenvalue weighted by Gasteiger charge is 2.28. The van der Waals surface area contributed by atoms with E-state index in [-0.39, 0.29) is 11.5 Å². The number of benzene rings is 1. The lowest BCUT2D eigenvalue weighted by Gasteiger charge is -2.17. The first-order valence-corrected chi connectivity index (χ1v) is 6.21. The summed E-state index contributed by atoms with van der Waals surface area (Å²) in [5.41, 5.74) is 2.48. The van der Waals surface area contributed by atoms with Crippen LogP contribution >= 0.6 is 0 Å². The molecule has 0 radical (unpaired) electrons. The molecule has 0 saturated carbocycles. The van der Waals surface area contributed by atoms with Crippen LogP contribution in [0.2, 0.25) is 0 Å². The van der Waals surface area contributed by atoms with E-state index in [0.29, 0.717) is 18.7 Å². The van der Waals surface area contributed by atoms with Gasteiger partial charge in [0.15, 0.2) is 0 Å². The SMILES string of the molecule is O=C(O)c1ccc2c(c1)N(Cc1ccccn1)C(=O)C2. The Kier molecular flexibility index (Phi) is 2.95. The normalized spacial score (nSPS) is 13.4. The lowest BCUT2D eigenvalue weighted by atomic mass is 10.1. The summed E-state index contributed by atoms with van der Waals surface area (Å²) >= 11 is 0. The summed E-state index contributed by atoms with van der Waals surface area (Å²) in [5.74, 6) is -1.03. The Morgan fingerprint density at radius 1 is 1.30 bits per heavy atom. The second-order valence-electron chi connectivity index (χ2n) is 4.63. The van der Waals surface area contributed by atoms with Crippen molar-refractivity contribution in [2.45, 2.75) is 13.0 Å². The Balaban J connectivity index is 1.96. The molecule has 1 aliphatic rings. The first-order chi connectivity index (χ1) is 9.65. The Morgan fingerprint density at radius 2 is 2.15 bits per heavy atom. The summed E-state index contributed by atoms with van der Waals surface area (Å²) in [4.78, 5) is 28.9. The van der Waals surface area contributed by atoms with Gasteiger partial charge in [-0.15, -0.1) is 0 Å². The molecule has 1 N–H and O–H groups in total. The third kappa shape index (κ3) is 2.14. The number of carbonyl (C=O) groups is 2. The smallest absolute Gasteiger partial charge is 0.335 e. The van der Waals surface area contributed by atoms with Crippen molar-refractivity contribution in [3.05, 3.63) is 59.4 Å². The number of carbonyl (C=O) groups excluding carboxylic acids is 1. The van der Waals surface area contributed by atoms with E-state index in [0.717, 1.165) is 11.3 Å². The molecule has 2 aromatic rings. The number of carboxylic acid groups (broad SMARTS) is 1. The van der Waals surface area contributed by atoms with Crippen LogP contribution in [0.3, 0.4) is 0 Å². The van der Waals surface area contributed by atoms with Gasteiger partial charge in [-0.1, -0.05) is 12.1 Å². The van der Waals surface area contributed by atoms with Crippen molar-refractivity contribution in [2.24, 2.45) is 0 Å². The van der Waals surface area contributed by atoms with Crippen LogP contribution in [0.1, 0.15) is 21.6 Å². The van der Waals surface area contributed by atoms with E-state index >= 15 is 0 Å². The number of hydrogen-bond donors (Lipinski definition) is 1. The molecule has 1 aromatic carbocycles. The number of amides is 1. The van der Waals surface area contributed by atoms with Crippen LogP contribution in [0.25, 0.3) is 0 Å². The number of carboxylic acids is 1. The highest BCUT2D eigenvalue weighted by atomic mass is 16.4. The highest BCUT2D eigenvalue weighted by molar-refractivity contribution is 6.02. The summed E-state index contributed by atoms with van der Waals surface area (Å²) in [5, 5.41) is 9.04. The molecule has 0 aliphatic carbocycles. The summed E-state index contributed by atoms with van der Waals surface area (Å²) in [6.45, 7) is 0.357. The maximum absolute atomic E-state index is 12.1. The van der Waals surface area contributed by atoms with Crippen molar-refractivity contribution in [2.75, 3.05) is 4.90 Å². The van der Waals surface area contributed by atoms with Crippen molar-refractivity contribution >= 4 is 17.6 Å². The zero-order valence-electron chi connectivity index (χ0n) is 10.6. The molecule has 100 valence electrons. The molecule has 1 amide bonds. The minimum absolute atomic E-state index is 0.0341. The minimum Gasteiger partial charge on any atom is -0.478 e. The van der Waals surface area contributed by atoms with Crippen LogP contribution in [0.5, 0.6) is 0 Å². The largest absolute Gasteiger partial charge is 0.478 e. The average molecular weight is 268 g/mol. The summed E-state index contributed by atoms with van der Waals surface area (Å²) < 4.78 is 0. The van der Waals surface area contributed by atoms with E-state index in [1.165, 1.54) is 6.07 Å². The molecule has 0 bridgehead atoms. The molecule has 5 heteroatoms. The molecular formula is C15H12N2O3.